The summed E-state index contributed by atoms with van der Waals surface area (Å²) in [5.41, 5.74) is 6.83. The number of benzene rings is 1. The van der Waals surface area contributed by atoms with Gasteiger partial charge in [0.05, 0.1) is 11.1 Å². The van der Waals surface area contributed by atoms with E-state index in [4.69, 9.17) is 4.98 Å². The molecule has 4 aromatic heterocycles. The van der Waals surface area contributed by atoms with Crippen molar-refractivity contribution < 1.29 is 4.39 Å². The van der Waals surface area contributed by atoms with E-state index in [1.54, 1.807) is 23.5 Å². The van der Waals surface area contributed by atoms with Crippen LogP contribution in [-0.2, 0) is 6.42 Å². The summed E-state index contributed by atoms with van der Waals surface area (Å²) < 4.78 is 16.3. The normalized spacial score (nSPS) is 12.5. The number of nitrogens with one attached hydrogen (secondary N) is 3. The van der Waals surface area contributed by atoms with Crippen LogP contribution in [0.15, 0.2) is 110 Å². The molecule has 5 rings (SSSR count). The van der Waals surface area contributed by atoms with Crippen molar-refractivity contribution in [2.45, 2.75) is 27.2 Å². The first-order chi connectivity index (χ1) is 20.8. The summed E-state index contributed by atoms with van der Waals surface area (Å²) in [4.78, 5) is 14.9. The van der Waals surface area contributed by atoms with Gasteiger partial charge < -0.3 is 10.3 Å². The van der Waals surface area contributed by atoms with Gasteiger partial charge in [0.1, 0.15) is 11.5 Å². The maximum Gasteiger partial charge on any atom is 0.184 e. The van der Waals surface area contributed by atoms with Gasteiger partial charge in [-0.15, -0.1) is 11.3 Å². The van der Waals surface area contributed by atoms with Crippen molar-refractivity contribution >= 4 is 33.5 Å². The minimum Gasteiger partial charge on any atom is -0.359 e. The second kappa shape index (κ2) is 12.8. The number of aryl methyl sites for hydroxylation is 2. The third kappa shape index (κ3) is 6.24. The summed E-state index contributed by atoms with van der Waals surface area (Å²) in [5, 5.41) is 10.8. The highest BCUT2D eigenvalue weighted by Crippen LogP contribution is 2.34. The van der Waals surface area contributed by atoms with Crippen molar-refractivity contribution in [1.29, 1.82) is 0 Å². The third-order valence-corrected chi connectivity index (χ3v) is 7.95. The molecule has 216 valence electrons. The minimum atomic E-state index is -0.448. The lowest BCUT2D eigenvalue weighted by atomic mass is 10.0. The number of rotatable bonds is 11. The molecular formula is C35H33FN6S. The van der Waals surface area contributed by atoms with E-state index in [0.29, 0.717) is 34.8 Å². The number of hydrogen-bond donors (Lipinski definition) is 3. The van der Waals surface area contributed by atoms with Crippen LogP contribution in [0.1, 0.15) is 39.2 Å². The fourth-order valence-electron chi connectivity index (χ4n) is 4.86. The van der Waals surface area contributed by atoms with E-state index in [1.807, 2.05) is 62.4 Å². The predicted octanol–water partition coefficient (Wildman–Crippen LogP) is 8.60. The highest BCUT2D eigenvalue weighted by Gasteiger charge is 2.22. The monoisotopic (exact) mass is 588 g/mol. The summed E-state index contributed by atoms with van der Waals surface area (Å²) in [6.07, 6.45) is 11.2. The van der Waals surface area contributed by atoms with Crippen LogP contribution in [0.25, 0.3) is 33.7 Å². The molecule has 0 aliphatic carbocycles. The molecule has 1 aromatic carbocycles. The van der Waals surface area contributed by atoms with E-state index in [0.717, 1.165) is 33.1 Å². The van der Waals surface area contributed by atoms with E-state index in [-0.39, 0.29) is 11.0 Å². The van der Waals surface area contributed by atoms with Gasteiger partial charge in [0.2, 0.25) is 0 Å². The van der Waals surface area contributed by atoms with Crippen molar-refractivity contribution in [3.8, 4) is 11.5 Å². The van der Waals surface area contributed by atoms with Crippen molar-refractivity contribution in [3.05, 3.63) is 148 Å². The van der Waals surface area contributed by atoms with Gasteiger partial charge in [-0.05, 0) is 56.2 Å². The first-order valence-corrected chi connectivity index (χ1v) is 14.6. The Bertz CT molecular complexity index is 1920. The molecule has 4 heterocycles. The number of aromatic nitrogens is 5. The number of allylic oxidation sites excluding steroid dienone is 7. The fourth-order valence-corrected chi connectivity index (χ4v) is 5.75. The SMILES string of the molecule is C=C/C=C(/c1ccc(C)s1)c1nc(-c2[nH]nc3ncc(C(/C=C(\C=C)NC(=C)Cc4ccccc4)=C/C)c(F)c23)[nH]c1C. The molecule has 3 N–H and O–H groups in total. The van der Waals surface area contributed by atoms with E-state index in [9.17, 15) is 0 Å². The van der Waals surface area contributed by atoms with Crippen LogP contribution in [0.2, 0.25) is 0 Å². The van der Waals surface area contributed by atoms with Gasteiger partial charge in [-0.25, -0.2) is 14.4 Å². The molecule has 6 nitrogen and oxygen atoms in total. The highest BCUT2D eigenvalue weighted by atomic mass is 32.1. The zero-order valence-electron chi connectivity index (χ0n) is 24.5. The molecule has 0 spiro atoms. The second-order valence-corrected chi connectivity index (χ2v) is 11.3. The van der Waals surface area contributed by atoms with Crippen molar-refractivity contribution in [1.82, 2.24) is 30.5 Å². The Labute approximate surface area is 254 Å². The van der Waals surface area contributed by atoms with Gasteiger partial charge in [0.25, 0.3) is 0 Å². The summed E-state index contributed by atoms with van der Waals surface area (Å²) in [5.74, 6) is 0.0234. The Morgan fingerprint density at radius 3 is 2.58 bits per heavy atom. The molecule has 0 aliphatic heterocycles. The van der Waals surface area contributed by atoms with E-state index in [2.05, 4.69) is 64.3 Å². The molecule has 0 atom stereocenters. The number of halogens is 1. The standard InChI is InChI=1S/C35H33FN6S/c1-7-13-27(29-17-16-22(5)43-29)32-23(6)39-35(40-32)33-30-31(36)28(20-37-34(30)42-41-33)25(8-2)19-26(9-3)38-21(4)18-24-14-11-10-12-15-24/h7-17,19-20,38H,1,3-4,18H2,2,5-6H3,(H,39,40)(H,37,41,42)/b25-8+,26-19+,27-13-. The number of fused-ring (bicyclic) bond motifs is 1. The second-order valence-electron chi connectivity index (χ2n) is 10.0. The molecule has 0 amide bonds. The molecule has 8 heteroatoms. The van der Waals surface area contributed by atoms with Gasteiger partial charge in [-0.2, -0.15) is 5.10 Å². The van der Waals surface area contributed by atoms with Crippen LogP contribution in [0, 0.1) is 19.7 Å². The fraction of sp³-hybridized carbons (Fsp3) is 0.114. The first-order valence-electron chi connectivity index (χ1n) is 13.8. The van der Waals surface area contributed by atoms with Gasteiger partial charge in [0, 0.05) is 50.6 Å². The molecular weight excluding hydrogens is 555 g/mol. The summed E-state index contributed by atoms with van der Waals surface area (Å²) in [6.45, 7) is 17.8. The number of aromatic amines is 2. The van der Waals surface area contributed by atoms with Crippen LogP contribution in [0.4, 0.5) is 4.39 Å². The molecule has 0 bridgehead atoms. The summed E-state index contributed by atoms with van der Waals surface area (Å²) in [7, 11) is 0. The van der Waals surface area contributed by atoms with Crippen LogP contribution < -0.4 is 5.32 Å². The molecule has 43 heavy (non-hydrogen) atoms. The van der Waals surface area contributed by atoms with E-state index >= 15 is 4.39 Å². The Hall–Kier alpha value is -5.08. The number of imidazole rings is 1. The predicted molar refractivity (Wildman–Crippen MR) is 177 cm³/mol. The number of nitrogens with zero attached hydrogens (tertiary/aromatic N) is 3. The summed E-state index contributed by atoms with van der Waals surface area (Å²) in [6, 6.07) is 14.2. The summed E-state index contributed by atoms with van der Waals surface area (Å²) >= 11 is 1.68. The lowest BCUT2D eigenvalue weighted by Crippen LogP contribution is -2.12. The largest absolute Gasteiger partial charge is 0.359 e. The molecule has 5 aromatic rings. The smallest absolute Gasteiger partial charge is 0.184 e. The maximum absolute atomic E-state index is 16.3. The molecule has 0 fully saturated rings. The topological polar surface area (TPSA) is 82.3 Å². The van der Waals surface area contributed by atoms with Crippen LogP contribution >= 0.6 is 11.3 Å². The van der Waals surface area contributed by atoms with Crippen LogP contribution in [0.3, 0.4) is 0 Å². The van der Waals surface area contributed by atoms with Gasteiger partial charge in [-0.3, -0.25) is 5.10 Å². The number of pyridine rings is 1. The Balaban J connectivity index is 1.49. The lowest BCUT2D eigenvalue weighted by molar-refractivity contribution is 0.635. The number of hydrogen-bond acceptors (Lipinski definition) is 5. The Morgan fingerprint density at radius 1 is 1.12 bits per heavy atom. The highest BCUT2D eigenvalue weighted by molar-refractivity contribution is 7.13. The Morgan fingerprint density at radius 2 is 1.91 bits per heavy atom. The van der Waals surface area contributed by atoms with Gasteiger partial charge in [-0.1, -0.05) is 68.3 Å². The zero-order valence-corrected chi connectivity index (χ0v) is 25.3. The molecule has 0 saturated carbocycles. The molecule has 0 saturated heterocycles. The van der Waals surface area contributed by atoms with E-state index in [1.165, 1.54) is 11.1 Å². The van der Waals surface area contributed by atoms with E-state index < -0.39 is 5.82 Å². The quantitative estimate of drug-likeness (QED) is 0.135. The van der Waals surface area contributed by atoms with Crippen LogP contribution in [-0.4, -0.2) is 25.1 Å². The van der Waals surface area contributed by atoms with Crippen molar-refractivity contribution in [2.24, 2.45) is 0 Å². The molecule has 0 aliphatic rings. The Kier molecular flexibility index (Phi) is 8.78. The molecule has 0 unspecified atom stereocenters. The van der Waals surface area contributed by atoms with Gasteiger partial charge >= 0.3 is 0 Å². The van der Waals surface area contributed by atoms with Gasteiger partial charge in [0.15, 0.2) is 11.5 Å². The minimum absolute atomic E-state index is 0.258. The molecule has 0 radical (unpaired) electrons. The van der Waals surface area contributed by atoms with Crippen LogP contribution in [0.5, 0.6) is 0 Å². The number of H-pyrrole nitrogens is 2. The first kappa shape index (κ1) is 29.4. The number of thiophene rings is 1. The lowest BCUT2D eigenvalue weighted by Gasteiger charge is -2.12. The average molecular weight is 589 g/mol. The average Bonchev–Trinajstić information content (AvgIpc) is 3.73. The maximum atomic E-state index is 16.3. The van der Waals surface area contributed by atoms with Crippen molar-refractivity contribution in [3.63, 3.8) is 0 Å². The third-order valence-electron chi connectivity index (χ3n) is 6.92. The van der Waals surface area contributed by atoms with Crippen molar-refractivity contribution in [2.75, 3.05) is 0 Å². The zero-order chi connectivity index (χ0) is 30.5.